The minimum Gasteiger partial charge on any atom is -0.461 e. The predicted octanol–water partition coefficient (Wildman–Crippen LogP) is -0.423. The van der Waals surface area contributed by atoms with Gasteiger partial charge in [-0.2, -0.15) is 4.98 Å². The largest absolute Gasteiger partial charge is 0.461 e. The molecular formula is C8H12N2O7S2. The molecule has 0 unspecified atom stereocenters. The Morgan fingerprint density at radius 3 is 2.26 bits per heavy atom. The van der Waals surface area contributed by atoms with Crippen LogP contribution in [0, 0.1) is 0 Å². The van der Waals surface area contributed by atoms with Gasteiger partial charge in [0.2, 0.25) is 20.0 Å². The van der Waals surface area contributed by atoms with Crippen LogP contribution in [0.1, 0.15) is 17.4 Å². The smallest absolute Gasteiger partial charge is 0.360 e. The van der Waals surface area contributed by atoms with Crippen molar-refractivity contribution in [2.45, 2.75) is 6.92 Å². The van der Waals surface area contributed by atoms with Crippen molar-refractivity contribution in [1.82, 2.24) is 4.98 Å². The SMILES string of the molecule is CCOC(=O)c1coc(N(S(C)(=O)=O)S(C)(=O)=O)n1. The molecule has 0 N–H and O–H groups in total. The standard InChI is InChI=1S/C8H12N2O7S2/c1-4-16-7(11)6-5-17-8(9-6)10(18(2,12)13)19(3,14)15/h5H,4H2,1-3H3. The molecule has 0 aliphatic heterocycles. The van der Waals surface area contributed by atoms with Crippen molar-refractivity contribution in [3.8, 4) is 0 Å². The van der Waals surface area contributed by atoms with Crippen molar-refractivity contribution < 1.29 is 30.8 Å². The molecule has 0 aromatic carbocycles. The third-order valence-corrected chi connectivity index (χ3v) is 4.88. The molecule has 0 bridgehead atoms. The number of rotatable bonds is 5. The summed E-state index contributed by atoms with van der Waals surface area (Å²) in [6.07, 6.45) is 2.15. The van der Waals surface area contributed by atoms with Gasteiger partial charge in [0.1, 0.15) is 6.26 Å². The summed E-state index contributed by atoms with van der Waals surface area (Å²) >= 11 is 0. The molecule has 19 heavy (non-hydrogen) atoms. The fraction of sp³-hybridized carbons (Fsp3) is 0.500. The Bertz CT molecular complexity index is 642. The van der Waals surface area contributed by atoms with Gasteiger partial charge in [0, 0.05) is 0 Å². The molecule has 0 aliphatic carbocycles. The van der Waals surface area contributed by atoms with Crippen LogP contribution < -0.4 is 3.71 Å². The summed E-state index contributed by atoms with van der Waals surface area (Å²) in [5.41, 5.74) is -0.325. The number of esters is 1. The van der Waals surface area contributed by atoms with Crippen molar-refractivity contribution in [1.29, 1.82) is 0 Å². The third-order valence-electron chi connectivity index (χ3n) is 1.74. The molecule has 0 atom stereocenters. The van der Waals surface area contributed by atoms with Crippen LogP contribution in [0.25, 0.3) is 0 Å². The summed E-state index contributed by atoms with van der Waals surface area (Å²) in [5, 5.41) is 0. The number of carbonyl (C=O) groups is 1. The fourth-order valence-corrected chi connectivity index (χ4v) is 3.88. The minimum atomic E-state index is -4.16. The van der Waals surface area contributed by atoms with E-state index in [1.165, 1.54) is 0 Å². The molecule has 0 fully saturated rings. The van der Waals surface area contributed by atoms with Crippen LogP contribution in [0.4, 0.5) is 6.01 Å². The monoisotopic (exact) mass is 312 g/mol. The molecule has 1 aromatic rings. The third kappa shape index (κ3) is 3.67. The van der Waals surface area contributed by atoms with E-state index in [1.807, 2.05) is 0 Å². The number of hydrogen-bond acceptors (Lipinski definition) is 8. The summed E-state index contributed by atoms with van der Waals surface area (Å²) in [6, 6.07) is -0.743. The van der Waals surface area contributed by atoms with E-state index in [9.17, 15) is 21.6 Å². The Hall–Kier alpha value is -1.62. The highest BCUT2D eigenvalue weighted by molar-refractivity contribution is 8.09. The maximum absolute atomic E-state index is 11.4. The second-order valence-electron chi connectivity index (χ2n) is 3.46. The zero-order valence-corrected chi connectivity index (χ0v) is 12.0. The Kier molecular flexibility index (Phi) is 4.20. The fourth-order valence-electron chi connectivity index (χ4n) is 1.18. The van der Waals surface area contributed by atoms with Gasteiger partial charge in [0.25, 0.3) is 0 Å². The molecule has 108 valence electrons. The Labute approximate surface area is 110 Å². The second kappa shape index (κ2) is 5.17. The van der Waals surface area contributed by atoms with Crippen LogP contribution in [0.5, 0.6) is 0 Å². The lowest BCUT2D eigenvalue weighted by atomic mass is 10.5. The molecule has 0 aliphatic rings. The highest BCUT2D eigenvalue weighted by Gasteiger charge is 2.32. The second-order valence-corrected chi connectivity index (χ2v) is 7.35. The van der Waals surface area contributed by atoms with Crippen LogP contribution in [0.15, 0.2) is 10.7 Å². The highest BCUT2D eigenvalue weighted by Crippen LogP contribution is 2.20. The zero-order valence-electron chi connectivity index (χ0n) is 10.4. The number of oxazole rings is 1. The quantitative estimate of drug-likeness (QED) is 0.671. The van der Waals surface area contributed by atoms with E-state index in [1.54, 1.807) is 6.92 Å². The van der Waals surface area contributed by atoms with Crippen molar-refractivity contribution >= 4 is 32.0 Å². The average Bonchev–Trinajstić information content (AvgIpc) is 2.62. The number of ether oxygens (including phenoxy) is 1. The molecule has 0 spiro atoms. The van der Waals surface area contributed by atoms with Crippen molar-refractivity contribution in [2.24, 2.45) is 0 Å². The topological polar surface area (TPSA) is 124 Å². The highest BCUT2D eigenvalue weighted by atomic mass is 32.3. The van der Waals surface area contributed by atoms with Crippen molar-refractivity contribution in [3.05, 3.63) is 12.0 Å². The number of aromatic nitrogens is 1. The van der Waals surface area contributed by atoms with E-state index in [0.29, 0.717) is 12.5 Å². The molecule has 11 heteroatoms. The molecular weight excluding hydrogens is 300 g/mol. The van der Waals surface area contributed by atoms with Gasteiger partial charge in [-0.3, -0.25) is 0 Å². The lowest BCUT2D eigenvalue weighted by Crippen LogP contribution is -2.35. The number of hydrogen-bond donors (Lipinski definition) is 0. The van der Waals surface area contributed by atoms with Gasteiger partial charge >= 0.3 is 12.0 Å². The maximum Gasteiger partial charge on any atom is 0.360 e. The summed E-state index contributed by atoms with van der Waals surface area (Å²) in [7, 11) is -8.33. The normalized spacial score (nSPS) is 12.2. The Morgan fingerprint density at radius 1 is 1.32 bits per heavy atom. The van der Waals surface area contributed by atoms with Crippen LogP contribution in [-0.4, -0.2) is 46.9 Å². The van der Waals surface area contributed by atoms with E-state index in [-0.39, 0.29) is 16.0 Å². The first-order valence-electron chi connectivity index (χ1n) is 4.90. The van der Waals surface area contributed by atoms with Crippen LogP contribution >= 0.6 is 0 Å². The Morgan fingerprint density at radius 2 is 1.84 bits per heavy atom. The van der Waals surface area contributed by atoms with Gasteiger partial charge in [0.15, 0.2) is 5.69 Å². The lowest BCUT2D eigenvalue weighted by molar-refractivity contribution is 0.0519. The van der Waals surface area contributed by atoms with Crippen molar-refractivity contribution in [3.63, 3.8) is 0 Å². The predicted molar refractivity (Wildman–Crippen MR) is 64.6 cm³/mol. The van der Waals surface area contributed by atoms with Crippen LogP contribution in [-0.2, 0) is 24.8 Å². The van der Waals surface area contributed by atoms with E-state index >= 15 is 0 Å². The van der Waals surface area contributed by atoms with Gasteiger partial charge in [-0.05, 0) is 6.92 Å². The van der Waals surface area contributed by atoms with Crippen LogP contribution in [0.3, 0.4) is 0 Å². The molecule has 1 aromatic heterocycles. The zero-order chi connectivity index (χ0) is 14.8. The first kappa shape index (κ1) is 15.4. The average molecular weight is 312 g/mol. The van der Waals surface area contributed by atoms with Gasteiger partial charge in [-0.1, -0.05) is 0 Å². The first-order valence-corrected chi connectivity index (χ1v) is 8.60. The van der Waals surface area contributed by atoms with Crippen LogP contribution in [0.2, 0.25) is 0 Å². The van der Waals surface area contributed by atoms with E-state index in [4.69, 9.17) is 4.42 Å². The summed E-state index contributed by atoms with van der Waals surface area (Å²) in [5.74, 6) is -0.848. The molecule has 0 amide bonds. The molecule has 0 saturated carbocycles. The van der Waals surface area contributed by atoms with Gasteiger partial charge in [-0.25, -0.2) is 21.6 Å². The molecule has 1 rings (SSSR count). The molecule has 1 heterocycles. The number of carbonyl (C=O) groups excluding carboxylic acids is 1. The molecule has 0 radical (unpaired) electrons. The van der Waals surface area contributed by atoms with Gasteiger partial charge < -0.3 is 9.15 Å². The summed E-state index contributed by atoms with van der Waals surface area (Å²) < 4.78 is 55.0. The maximum atomic E-state index is 11.4. The van der Waals surface area contributed by atoms with E-state index in [0.717, 1.165) is 6.26 Å². The lowest BCUT2D eigenvalue weighted by Gasteiger charge is -2.14. The summed E-state index contributed by atoms with van der Waals surface area (Å²) in [6.45, 7) is 1.65. The van der Waals surface area contributed by atoms with E-state index in [2.05, 4.69) is 9.72 Å². The molecule has 9 nitrogen and oxygen atoms in total. The summed E-state index contributed by atoms with van der Waals surface area (Å²) in [4.78, 5) is 14.8. The number of sulfonamides is 2. The van der Waals surface area contributed by atoms with Gasteiger partial charge in [-0.15, -0.1) is 3.71 Å². The first-order chi connectivity index (χ1) is 8.57. The Balaban J connectivity index is 3.25. The minimum absolute atomic E-state index is 0.0112. The van der Waals surface area contributed by atoms with Crippen molar-refractivity contribution in [2.75, 3.05) is 22.8 Å². The number of nitrogens with zero attached hydrogens (tertiary/aromatic N) is 2. The number of anilines is 1. The van der Waals surface area contributed by atoms with Gasteiger partial charge in [0.05, 0.1) is 19.1 Å². The molecule has 0 saturated heterocycles. The van der Waals surface area contributed by atoms with E-state index < -0.39 is 32.0 Å².